The van der Waals surface area contributed by atoms with Crippen molar-refractivity contribution in [1.29, 1.82) is 0 Å². The summed E-state index contributed by atoms with van der Waals surface area (Å²) in [5.74, 6) is -0.914. The summed E-state index contributed by atoms with van der Waals surface area (Å²) in [5, 5.41) is 3.57. The molecule has 5 rings (SSSR count). The van der Waals surface area contributed by atoms with Crippen molar-refractivity contribution >= 4 is 29.1 Å². The van der Waals surface area contributed by atoms with Crippen LogP contribution in [0.15, 0.2) is 60.7 Å². The minimum absolute atomic E-state index is 0.0510. The number of benzene rings is 3. The van der Waals surface area contributed by atoms with Crippen LogP contribution in [0.2, 0.25) is 5.02 Å². The lowest BCUT2D eigenvalue weighted by Gasteiger charge is -2.41. The topological polar surface area (TPSA) is 58.6 Å². The molecule has 1 saturated carbocycles. The summed E-state index contributed by atoms with van der Waals surface area (Å²) < 4.78 is 21.0. The van der Waals surface area contributed by atoms with Gasteiger partial charge in [-0.2, -0.15) is 0 Å². The van der Waals surface area contributed by atoms with Crippen molar-refractivity contribution in [2.24, 2.45) is 5.92 Å². The van der Waals surface area contributed by atoms with Crippen molar-refractivity contribution < 1.29 is 18.7 Å². The minimum atomic E-state index is -0.563. The molecule has 0 bridgehead atoms. The lowest BCUT2D eigenvalue weighted by Crippen LogP contribution is -2.46. The Balaban J connectivity index is 1.47. The number of hydrogen-bond acceptors (Lipinski definition) is 3. The molecule has 204 valence electrons. The van der Waals surface area contributed by atoms with E-state index in [-0.39, 0.29) is 17.6 Å². The molecule has 3 aromatic rings. The molecule has 0 aromatic heterocycles. The molecule has 1 unspecified atom stereocenters. The van der Waals surface area contributed by atoms with Crippen molar-refractivity contribution in [3.05, 3.63) is 93.8 Å². The van der Waals surface area contributed by atoms with E-state index < -0.39 is 23.7 Å². The van der Waals surface area contributed by atoms with E-state index >= 15 is 0 Å². The number of halogens is 2. The molecule has 2 atom stereocenters. The maximum Gasteiger partial charge on any atom is 0.257 e. The normalized spacial score (nSPS) is 19.6. The van der Waals surface area contributed by atoms with Crippen LogP contribution in [0.3, 0.4) is 0 Å². The number of nitrogens with zero attached hydrogens (tertiary/aromatic N) is 1. The monoisotopic (exact) mass is 548 g/mol. The van der Waals surface area contributed by atoms with E-state index in [1.807, 2.05) is 43.3 Å². The van der Waals surface area contributed by atoms with Crippen molar-refractivity contribution in [2.45, 2.75) is 64.5 Å². The number of carbonyl (C=O) groups excluding carboxylic acids is 2. The third-order valence-corrected chi connectivity index (χ3v) is 8.34. The second-order valence-electron chi connectivity index (χ2n) is 10.7. The number of nitrogens with one attached hydrogen (secondary N) is 1. The number of aryl methyl sites for hydroxylation is 2. The predicted molar refractivity (Wildman–Crippen MR) is 152 cm³/mol. The van der Waals surface area contributed by atoms with Gasteiger partial charge in [0.1, 0.15) is 11.6 Å². The zero-order chi connectivity index (χ0) is 27.5. The third-order valence-electron chi connectivity index (χ3n) is 7.93. The van der Waals surface area contributed by atoms with Gasteiger partial charge >= 0.3 is 0 Å². The standard InChI is InChI=1S/C32H34ClFN2O3/c1-20-12-15-23(19-27(20)33)35-31(37)26-10-6-18-36(32(38)29-21(2)7-5-11-28(29)34)30(26)22-13-16-25(17-14-22)39-24-8-3-4-9-24/h5,7,11-17,19,24,26,30H,3-4,6,8-10,18H2,1-2H3,(H,35,37)/t26?,30-/m0/s1. The van der Waals surface area contributed by atoms with Crippen LogP contribution in [0, 0.1) is 25.6 Å². The highest BCUT2D eigenvalue weighted by Gasteiger charge is 2.40. The van der Waals surface area contributed by atoms with Crippen molar-refractivity contribution in [2.75, 3.05) is 11.9 Å². The summed E-state index contributed by atoms with van der Waals surface area (Å²) in [7, 11) is 0. The third kappa shape index (κ3) is 5.96. The molecule has 1 N–H and O–H groups in total. The largest absolute Gasteiger partial charge is 0.490 e. The number of likely N-dealkylation sites (tertiary alicyclic amines) is 1. The van der Waals surface area contributed by atoms with Gasteiger partial charge in [0, 0.05) is 17.3 Å². The molecular weight excluding hydrogens is 515 g/mol. The summed E-state index contributed by atoms with van der Waals surface area (Å²) in [6.45, 7) is 4.06. The number of rotatable bonds is 6. The van der Waals surface area contributed by atoms with Crippen LogP contribution < -0.4 is 10.1 Å². The maximum atomic E-state index is 14.9. The number of hydrogen-bond donors (Lipinski definition) is 1. The van der Waals surface area contributed by atoms with Gasteiger partial charge in [-0.05, 0) is 99.4 Å². The maximum absolute atomic E-state index is 14.9. The van der Waals surface area contributed by atoms with Gasteiger partial charge in [0.15, 0.2) is 0 Å². The number of piperidine rings is 1. The first-order chi connectivity index (χ1) is 18.8. The fraction of sp³-hybridized carbons (Fsp3) is 0.375. The summed E-state index contributed by atoms with van der Waals surface area (Å²) in [6.07, 6.45) is 5.93. The molecule has 1 saturated heterocycles. The van der Waals surface area contributed by atoms with E-state index in [9.17, 15) is 14.0 Å². The number of ether oxygens (including phenoxy) is 1. The minimum Gasteiger partial charge on any atom is -0.490 e. The zero-order valence-electron chi connectivity index (χ0n) is 22.4. The second-order valence-corrected chi connectivity index (χ2v) is 11.1. The van der Waals surface area contributed by atoms with E-state index in [1.54, 1.807) is 30.0 Å². The molecule has 1 aliphatic heterocycles. The first kappa shape index (κ1) is 27.2. The van der Waals surface area contributed by atoms with Crippen molar-refractivity contribution in [1.82, 2.24) is 4.90 Å². The molecular formula is C32H34ClFN2O3. The molecule has 3 aromatic carbocycles. The number of carbonyl (C=O) groups is 2. The van der Waals surface area contributed by atoms with Gasteiger partial charge in [-0.25, -0.2) is 4.39 Å². The average molecular weight is 549 g/mol. The molecule has 2 fully saturated rings. The quantitative estimate of drug-likeness (QED) is 0.344. The lowest BCUT2D eigenvalue weighted by atomic mass is 9.83. The van der Waals surface area contributed by atoms with Gasteiger partial charge in [0.25, 0.3) is 5.91 Å². The Morgan fingerprint density at radius 2 is 1.69 bits per heavy atom. The van der Waals surface area contributed by atoms with Gasteiger partial charge in [-0.15, -0.1) is 0 Å². The highest BCUT2D eigenvalue weighted by atomic mass is 35.5. The van der Waals surface area contributed by atoms with Crippen LogP contribution in [0.5, 0.6) is 5.75 Å². The molecule has 5 nitrogen and oxygen atoms in total. The van der Waals surface area contributed by atoms with Gasteiger partial charge < -0.3 is 15.0 Å². The van der Waals surface area contributed by atoms with E-state index in [0.717, 1.165) is 29.7 Å². The van der Waals surface area contributed by atoms with Crippen LogP contribution in [-0.4, -0.2) is 29.4 Å². The molecule has 1 aliphatic carbocycles. The first-order valence-electron chi connectivity index (χ1n) is 13.7. The number of amides is 2. The van der Waals surface area contributed by atoms with E-state index in [1.165, 1.54) is 18.9 Å². The summed E-state index contributed by atoms with van der Waals surface area (Å²) in [6, 6.07) is 17.2. The fourth-order valence-electron chi connectivity index (χ4n) is 5.80. The second kappa shape index (κ2) is 11.8. The Kier molecular flexibility index (Phi) is 8.22. The zero-order valence-corrected chi connectivity index (χ0v) is 23.1. The first-order valence-corrected chi connectivity index (χ1v) is 14.1. The van der Waals surface area contributed by atoms with Crippen LogP contribution >= 0.6 is 11.6 Å². The van der Waals surface area contributed by atoms with Crippen LogP contribution in [0.4, 0.5) is 10.1 Å². The van der Waals surface area contributed by atoms with E-state index in [4.69, 9.17) is 16.3 Å². The number of anilines is 1. The smallest absolute Gasteiger partial charge is 0.257 e. The van der Waals surface area contributed by atoms with Crippen LogP contribution in [-0.2, 0) is 4.79 Å². The highest BCUT2D eigenvalue weighted by Crippen LogP contribution is 2.39. The Hall–Kier alpha value is -3.38. The van der Waals surface area contributed by atoms with E-state index in [0.29, 0.717) is 35.7 Å². The van der Waals surface area contributed by atoms with Crippen molar-refractivity contribution in [3.63, 3.8) is 0 Å². The Bertz CT molecular complexity index is 1330. The Morgan fingerprint density at radius 3 is 2.38 bits per heavy atom. The molecule has 7 heteroatoms. The average Bonchev–Trinajstić information content (AvgIpc) is 3.44. The summed E-state index contributed by atoms with van der Waals surface area (Å²) >= 11 is 6.29. The molecule has 2 aliphatic rings. The molecule has 0 spiro atoms. The van der Waals surface area contributed by atoms with Crippen LogP contribution in [0.1, 0.15) is 71.6 Å². The summed E-state index contributed by atoms with van der Waals surface area (Å²) in [5.41, 5.74) is 2.96. The highest BCUT2D eigenvalue weighted by molar-refractivity contribution is 6.31. The molecule has 2 amide bonds. The molecule has 0 radical (unpaired) electrons. The van der Waals surface area contributed by atoms with Gasteiger partial charge in [0.05, 0.1) is 23.6 Å². The van der Waals surface area contributed by atoms with E-state index in [2.05, 4.69) is 5.32 Å². The van der Waals surface area contributed by atoms with Crippen LogP contribution in [0.25, 0.3) is 0 Å². The lowest BCUT2D eigenvalue weighted by molar-refractivity contribution is -0.123. The fourth-order valence-corrected chi connectivity index (χ4v) is 5.99. The Morgan fingerprint density at radius 1 is 0.949 bits per heavy atom. The Labute approximate surface area is 234 Å². The van der Waals surface area contributed by atoms with Gasteiger partial charge in [0.2, 0.25) is 5.91 Å². The van der Waals surface area contributed by atoms with Crippen molar-refractivity contribution in [3.8, 4) is 5.75 Å². The SMILES string of the molecule is Cc1ccc(NC(=O)C2CCCN(C(=O)c3c(C)cccc3F)[C@H]2c2ccc(OC3CCCC3)cc2)cc1Cl. The summed E-state index contributed by atoms with van der Waals surface area (Å²) in [4.78, 5) is 29.2. The van der Waals surface area contributed by atoms with Gasteiger partial charge in [-0.1, -0.05) is 41.9 Å². The predicted octanol–water partition coefficient (Wildman–Crippen LogP) is 7.65. The molecule has 1 heterocycles. The molecule has 39 heavy (non-hydrogen) atoms. The van der Waals surface area contributed by atoms with Gasteiger partial charge in [-0.3, -0.25) is 9.59 Å².